The summed E-state index contributed by atoms with van der Waals surface area (Å²) in [6, 6.07) is 33.7. The number of ether oxygens (including phenoxy) is 1. The topological polar surface area (TPSA) is 170 Å². The third-order valence-corrected chi connectivity index (χ3v) is 10.6. The number of aromatic nitrogens is 3. The van der Waals surface area contributed by atoms with Gasteiger partial charge in [0.1, 0.15) is 17.4 Å². The zero-order valence-electron chi connectivity index (χ0n) is 32.2. The molecule has 1 fully saturated rings. The van der Waals surface area contributed by atoms with Crippen LogP contribution in [0.15, 0.2) is 126 Å². The van der Waals surface area contributed by atoms with Crippen LogP contribution in [0.3, 0.4) is 0 Å². The average molecular weight is 781 g/mol. The van der Waals surface area contributed by atoms with Gasteiger partial charge >= 0.3 is 5.97 Å². The second kappa shape index (κ2) is 19.3. The van der Waals surface area contributed by atoms with Crippen molar-refractivity contribution in [3.05, 3.63) is 160 Å². The molecule has 12 nitrogen and oxygen atoms in total. The van der Waals surface area contributed by atoms with Crippen molar-refractivity contribution < 1.29 is 24.5 Å². The number of pyridine rings is 1. The summed E-state index contributed by atoms with van der Waals surface area (Å²) < 4.78 is 6.04. The Hall–Kier alpha value is -6.21. The summed E-state index contributed by atoms with van der Waals surface area (Å²) in [5.41, 5.74) is 4.78. The summed E-state index contributed by atoms with van der Waals surface area (Å²) in [5.74, 6) is -1.07. The molecule has 0 bridgehead atoms. The Kier molecular flexibility index (Phi) is 13.3. The van der Waals surface area contributed by atoms with Gasteiger partial charge in [0.25, 0.3) is 5.91 Å². The number of aliphatic hydroxyl groups is 1. The second-order valence-electron chi connectivity index (χ2n) is 14.7. The fraction of sp³-hybridized carbons (Fsp3) is 0.283. The maximum atomic E-state index is 13.9. The van der Waals surface area contributed by atoms with E-state index >= 15 is 0 Å². The van der Waals surface area contributed by atoms with Gasteiger partial charge in [-0.2, -0.15) is 0 Å². The maximum absolute atomic E-state index is 13.9. The number of amides is 1. The van der Waals surface area contributed by atoms with E-state index in [0.717, 1.165) is 49.2 Å². The number of nitrogens with zero attached hydrogens (tertiary/aromatic N) is 3. The molecule has 12 heteroatoms. The van der Waals surface area contributed by atoms with Crippen molar-refractivity contribution in [1.29, 1.82) is 0 Å². The first-order chi connectivity index (χ1) is 28.3. The molecule has 4 aromatic carbocycles. The predicted octanol–water partition coefficient (Wildman–Crippen LogP) is 5.72. The number of esters is 1. The number of phenolic OH excluding ortho intramolecular Hbond substituents is 1. The second-order valence-corrected chi connectivity index (χ2v) is 14.7. The molecule has 1 aliphatic rings. The molecule has 0 aliphatic carbocycles. The fourth-order valence-corrected chi connectivity index (χ4v) is 7.44. The van der Waals surface area contributed by atoms with Gasteiger partial charge in [-0.1, -0.05) is 84.9 Å². The quantitative estimate of drug-likeness (QED) is 0.0605. The van der Waals surface area contributed by atoms with Crippen LogP contribution < -0.4 is 16.2 Å². The van der Waals surface area contributed by atoms with Crippen LogP contribution >= 0.6 is 0 Å². The Balaban J connectivity index is 0.920. The smallest absolute Gasteiger partial charge is 0.317 e. The molecule has 6 aromatic rings. The molecule has 1 saturated heterocycles. The Morgan fingerprint density at radius 3 is 2.43 bits per heavy atom. The van der Waals surface area contributed by atoms with Gasteiger partial charge in [-0.25, -0.2) is 4.98 Å². The van der Waals surface area contributed by atoms with E-state index in [2.05, 4.69) is 54.8 Å². The Morgan fingerprint density at radius 1 is 0.879 bits per heavy atom. The van der Waals surface area contributed by atoms with E-state index in [4.69, 9.17) is 4.74 Å². The lowest BCUT2D eigenvalue weighted by molar-refractivity contribution is -0.146. The first kappa shape index (κ1) is 40.0. The third-order valence-electron chi connectivity index (χ3n) is 10.6. The van der Waals surface area contributed by atoms with Crippen LogP contribution in [0.25, 0.3) is 22.2 Å². The number of hydrogen-bond acceptors (Lipinski definition) is 10. The van der Waals surface area contributed by atoms with Gasteiger partial charge in [-0.15, -0.1) is 0 Å². The molecular formula is C46H48N6O6. The first-order valence-electron chi connectivity index (χ1n) is 19.7. The number of rotatable bonds is 16. The fourth-order valence-electron chi connectivity index (χ4n) is 7.44. The SMILES string of the molecule is O=C(NCCCNCC(O)c1ccc(O)c2[nH]c(=O)ccc12)c1cncc(-c2cccc(C(C(=O)OCC3CCN(Cc4ccccc4)CC3)c3ccccc3)c2)n1. The molecular weight excluding hydrogens is 733 g/mol. The number of likely N-dealkylation sites (tertiary alicyclic amines) is 1. The number of fused-ring (bicyclic) bond motifs is 1. The highest BCUT2D eigenvalue weighted by molar-refractivity contribution is 5.92. The highest BCUT2D eigenvalue weighted by Crippen LogP contribution is 2.31. The standard InChI is InChI=1S/C46H48N6O6/c53-40-17-15-36(37-16-18-42(55)51-44(37)40)41(54)28-47-21-8-22-49-45(56)39-27-48-26-38(50-39)34-13-7-14-35(25-34)43(33-11-5-2-6-12-33)46(57)58-30-32-19-23-52(24-20-32)29-31-9-3-1-4-10-31/h1-7,9-18,25-27,32,41,43,47,53-54H,8,19-24,28-30H2,(H,49,56)(H,51,55). The Labute approximate surface area is 337 Å². The van der Waals surface area contributed by atoms with Crippen molar-refractivity contribution >= 4 is 22.8 Å². The van der Waals surface area contributed by atoms with Gasteiger partial charge in [-0.05, 0) is 85.3 Å². The Morgan fingerprint density at radius 2 is 1.64 bits per heavy atom. The van der Waals surface area contributed by atoms with Crippen LogP contribution in [-0.4, -0.2) is 81.3 Å². The number of phenols is 1. The number of benzene rings is 4. The number of piperidine rings is 1. The largest absolute Gasteiger partial charge is 0.506 e. The van der Waals surface area contributed by atoms with Gasteiger partial charge in [0, 0.05) is 36.7 Å². The van der Waals surface area contributed by atoms with Crippen LogP contribution in [0.4, 0.5) is 0 Å². The number of hydrogen-bond donors (Lipinski definition) is 5. The van der Waals surface area contributed by atoms with E-state index in [1.807, 2.05) is 60.7 Å². The minimum atomic E-state index is -0.882. The summed E-state index contributed by atoms with van der Waals surface area (Å²) in [7, 11) is 0. The molecule has 0 radical (unpaired) electrons. The number of aromatic amines is 1. The lowest BCUT2D eigenvalue weighted by Gasteiger charge is -2.32. The number of H-pyrrole nitrogens is 1. The van der Waals surface area contributed by atoms with Gasteiger partial charge < -0.3 is 30.6 Å². The Bertz CT molecular complexity index is 2360. The highest BCUT2D eigenvalue weighted by atomic mass is 16.5. The molecule has 2 unspecified atom stereocenters. The van der Waals surface area contributed by atoms with Gasteiger partial charge in [0.2, 0.25) is 5.56 Å². The summed E-state index contributed by atoms with van der Waals surface area (Å²) >= 11 is 0. The van der Waals surface area contributed by atoms with E-state index in [-0.39, 0.29) is 40.9 Å². The van der Waals surface area contributed by atoms with Gasteiger partial charge in [0.05, 0.1) is 36.3 Å². The summed E-state index contributed by atoms with van der Waals surface area (Å²) in [6.07, 6.45) is 4.67. The van der Waals surface area contributed by atoms with E-state index in [9.17, 15) is 24.6 Å². The molecule has 7 rings (SSSR count). The molecule has 5 N–H and O–H groups in total. The zero-order chi connectivity index (χ0) is 40.3. The van der Waals surface area contributed by atoms with E-state index in [1.54, 1.807) is 18.3 Å². The van der Waals surface area contributed by atoms with Crippen molar-refractivity contribution in [2.75, 3.05) is 39.3 Å². The minimum Gasteiger partial charge on any atom is -0.506 e. The molecule has 2 aromatic heterocycles. The predicted molar refractivity (Wildman–Crippen MR) is 222 cm³/mol. The number of aromatic hydroxyl groups is 1. The van der Waals surface area contributed by atoms with E-state index in [1.165, 1.54) is 23.9 Å². The van der Waals surface area contributed by atoms with Crippen LogP contribution in [-0.2, 0) is 16.1 Å². The summed E-state index contributed by atoms with van der Waals surface area (Å²) in [5, 5.41) is 27.5. The van der Waals surface area contributed by atoms with E-state index < -0.39 is 12.0 Å². The number of carbonyl (C=O) groups is 2. The minimum absolute atomic E-state index is 0.0676. The molecule has 0 saturated carbocycles. The third kappa shape index (κ3) is 10.2. The normalized spacial score (nSPS) is 14.5. The highest BCUT2D eigenvalue weighted by Gasteiger charge is 2.27. The van der Waals surface area contributed by atoms with Crippen molar-refractivity contribution in [3.8, 4) is 17.0 Å². The monoisotopic (exact) mass is 780 g/mol. The molecule has 2 atom stereocenters. The van der Waals surface area contributed by atoms with Crippen LogP contribution in [0, 0.1) is 5.92 Å². The lowest BCUT2D eigenvalue weighted by atomic mass is 9.90. The molecule has 0 spiro atoms. The number of aliphatic hydroxyl groups excluding tert-OH is 1. The van der Waals surface area contributed by atoms with E-state index in [0.29, 0.717) is 48.7 Å². The number of carbonyl (C=O) groups excluding carboxylic acids is 2. The van der Waals surface area contributed by atoms with Crippen molar-refractivity contribution in [2.24, 2.45) is 5.92 Å². The average Bonchev–Trinajstić information content (AvgIpc) is 3.26. The van der Waals surface area contributed by atoms with Crippen LogP contribution in [0.2, 0.25) is 0 Å². The molecule has 1 amide bonds. The lowest BCUT2D eigenvalue weighted by Crippen LogP contribution is -2.35. The van der Waals surface area contributed by atoms with Crippen molar-refractivity contribution in [1.82, 2.24) is 30.5 Å². The number of nitrogens with one attached hydrogen (secondary N) is 3. The van der Waals surface area contributed by atoms with Crippen molar-refractivity contribution in [2.45, 2.75) is 37.8 Å². The molecule has 1 aliphatic heterocycles. The van der Waals surface area contributed by atoms with Crippen LogP contribution in [0.1, 0.15) is 64.0 Å². The molecule has 298 valence electrons. The van der Waals surface area contributed by atoms with Gasteiger partial charge in [0.15, 0.2) is 0 Å². The maximum Gasteiger partial charge on any atom is 0.317 e. The van der Waals surface area contributed by atoms with Crippen LogP contribution in [0.5, 0.6) is 5.75 Å². The first-order valence-corrected chi connectivity index (χ1v) is 19.7. The van der Waals surface area contributed by atoms with Crippen molar-refractivity contribution in [3.63, 3.8) is 0 Å². The molecule has 58 heavy (non-hydrogen) atoms. The molecule has 3 heterocycles. The van der Waals surface area contributed by atoms with Gasteiger partial charge in [-0.3, -0.25) is 24.3 Å². The summed E-state index contributed by atoms with van der Waals surface area (Å²) in [4.78, 5) is 52.7. The zero-order valence-corrected chi connectivity index (χ0v) is 32.2. The summed E-state index contributed by atoms with van der Waals surface area (Å²) in [6.45, 7) is 4.35.